The van der Waals surface area contributed by atoms with Gasteiger partial charge in [0.2, 0.25) is 0 Å². The molecule has 0 saturated heterocycles. The summed E-state index contributed by atoms with van der Waals surface area (Å²) >= 11 is 0. The summed E-state index contributed by atoms with van der Waals surface area (Å²) in [5.74, 6) is -1.96. The Morgan fingerprint density at radius 2 is 2.05 bits per heavy atom. The van der Waals surface area contributed by atoms with Gasteiger partial charge in [-0.15, -0.1) is 0 Å². The van der Waals surface area contributed by atoms with E-state index in [1.807, 2.05) is 6.92 Å². The van der Waals surface area contributed by atoms with Crippen molar-refractivity contribution in [3.8, 4) is 6.07 Å². The van der Waals surface area contributed by atoms with Crippen LogP contribution in [0.2, 0.25) is 0 Å². The van der Waals surface area contributed by atoms with Crippen LogP contribution in [0.25, 0.3) is 0 Å². The largest absolute Gasteiger partial charge is 0.387 e. The zero-order chi connectivity index (χ0) is 15.8. The van der Waals surface area contributed by atoms with Crippen LogP contribution in [-0.4, -0.2) is 22.6 Å². The van der Waals surface area contributed by atoms with Crippen LogP contribution in [0.5, 0.6) is 0 Å². The van der Waals surface area contributed by atoms with Crippen LogP contribution in [0.15, 0.2) is 12.2 Å². The zero-order valence-electron chi connectivity index (χ0n) is 12.4. The topological polar surface area (TPSA) is 87.4 Å². The van der Waals surface area contributed by atoms with Gasteiger partial charge in [0.15, 0.2) is 5.60 Å². The van der Waals surface area contributed by atoms with Crippen molar-refractivity contribution in [1.82, 2.24) is 0 Å². The van der Waals surface area contributed by atoms with Crippen molar-refractivity contribution in [3.05, 3.63) is 12.2 Å². The molecule has 0 aliphatic rings. The normalized spacial score (nSPS) is 14.8. The molecule has 0 spiro atoms. The van der Waals surface area contributed by atoms with Crippen LogP contribution >= 0.6 is 0 Å². The summed E-state index contributed by atoms with van der Waals surface area (Å²) in [5, 5.41) is 18.6. The van der Waals surface area contributed by atoms with Gasteiger partial charge >= 0.3 is 11.9 Å². The summed E-state index contributed by atoms with van der Waals surface area (Å²) in [6.45, 7) is 8.55. The Morgan fingerprint density at radius 3 is 2.50 bits per heavy atom. The highest BCUT2D eigenvalue weighted by Crippen LogP contribution is 2.25. The second-order valence-electron chi connectivity index (χ2n) is 5.16. The minimum atomic E-state index is -1.74. The van der Waals surface area contributed by atoms with Gasteiger partial charge in [-0.05, 0) is 19.3 Å². The number of carbonyl (C=O) groups excluding carboxylic acids is 2. The van der Waals surface area contributed by atoms with Gasteiger partial charge in [0.1, 0.15) is 11.6 Å². The molecule has 5 heteroatoms. The molecule has 0 saturated carbocycles. The monoisotopic (exact) mass is 281 g/mol. The van der Waals surface area contributed by atoms with E-state index in [-0.39, 0.29) is 12.3 Å². The highest BCUT2D eigenvalue weighted by atomic mass is 16.6. The Labute approximate surface area is 120 Å². The average Bonchev–Trinajstić information content (AvgIpc) is 2.41. The molecule has 0 aromatic rings. The SMILES string of the molecule is C=C(C#N)C(=O)OC(=O)C(C)(O)CC(CC)CCCC. The molecular weight excluding hydrogens is 258 g/mol. The Morgan fingerprint density at radius 1 is 1.45 bits per heavy atom. The Kier molecular flexibility index (Phi) is 7.78. The van der Waals surface area contributed by atoms with E-state index in [2.05, 4.69) is 18.2 Å². The zero-order valence-corrected chi connectivity index (χ0v) is 12.4. The molecule has 0 amide bonds. The Bertz CT molecular complexity index is 407. The predicted octanol–water partition coefficient (Wildman–Crippen LogP) is 2.49. The molecule has 0 fully saturated rings. The summed E-state index contributed by atoms with van der Waals surface area (Å²) in [7, 11) is 0. The molecule has 112 valence electrons. The highest BCUT2D eigenvalue weighted by molar-refractivity contribution is 6.00. The van der Waals surface area contributed by atoms with Crippen molar-refractivity contribution in [2.45, 2.75) is 58.5 Å². The summed E-state index contributed by atoms with van der Waals surface area (Å²) in [5.41, 5.74) is -2.20. The van der Waals surface area contributed by atoms with Gasteiger partial charge in [0.25, 0.3) is 0 Å². The lowest BCUT2D eigenvalue weighted by atomic mass is 9.87. The van der Waals surface area contributed by atoms with E-state index < -0.39 is 23.1 Å². The predicted molar refractivity (Wildman–Crippen MR) is 74.4 cm³/mol. The van der Waals surface area contributed by atoms with Crippen LogP contribution in [0.3, 0.4) is 0 Å². The van der Waals surface area contributed by atoms with E-state index in [1.54, 1.807) is 0 Å². The number of rotatable bonds is 8. The van der Waals surface area contributed by atoms with Gasteiger partial charge in [0.05, 0.1) is 0 Å². The van der Waals surface area contributed by atoms with Crippen LogP contribution < -0.4 is 0 Å². The third kappa shape index (κ3) is 5.98. The Balaban J connectivity index is 4.61. The fourth-order valence-corrected chi connectivity index (χ4v) is 1.89. The third-order valence-corrected chi connectivity index (χ3v) is 3.24. The summed E-state index contributed by atoms with van der Waals surface area (Å²) in [6, 6.07) is 1.50. The lowest BCUT2D eigenvalue weighted by molar-refractivity contribution is -0.172. The van der Waals surface area contributed by atoms with Crippen molar-refractivity contribution in [2.75, 3.05) is 0 Å². The summed E-state index contributed by atoms with van der Waals surface area (Å²) < 4.78 is 4.47. The van der Waals surface area contributed by atoms with Crippen LogP contribution in [0.1, 0.15) is 52.9 Å². The molecule has 0 radical (unpaired) electrons. The van der Waals surface area contributed by atoms with Crippen molar-refractivity contribution in [2.24, 2.45) is 5.92 Å². The first-order valence-corrected chi connectivity index (χ1v) is 6.86. The number of aliphatic hydroxyl groups is 1. The molecule has 0 aromatic carbocycles. The number of nitriles is 1. The molecule has 5 nitrogen and oxygen atoms in total. The maximum atomic E-state index is 11.8. The van der Waals surface area contributed by atoms with Gasteiger partial charge in [-0.3, -0.25) is 0 Å². The fraction of sp³-hybridized carbons (Fsp3) is 0.667. The van der Waals surface area contributed by atoms with Crippen LogP contribution in [0, 0.1) is 17.2 Å². The van der Waals surface area contributed by atoms with Gasteiger partial charge in [-0.1, -0.05) is 46.1 Å². The molecule has 2 unspecified atom stereocenters. The van der Waals surface area contributed by atoms with E-state index in [0.29, 0.717) is 0 Å². The quantitative estimate of drug-likeness (QED) is 0.319. The summed E-state index contributed by atoms with van der Waals surface area (Å²) in [6.07, 6.45) is 4.05. The Hall–Kier alpha value is -1.67. The first-order valence-electron chi connectivity index (χ1n) is 6.86. The van der Waals surface area contributed by atoms with Crippen molar-refractivity contribution in [1.29, 1.82) is 5.26 Å². The molecule has 1 N–H and O–H groups in total. The van der Waals surface area contributed by atoms with E-state index in [1.165, 1.54) is 13.0 Å². The maximum Gasteiger partial charge on any atom is 0.355 e. The first-order chi connectivity index (χ1) is 9.28. The minimum Gasteiger partial charge on any atom is -0.387 e. The van der Waals surface area contributed by atoms with Gasteiger partial charge in [-0.25, -0.2) is 9.59 Å². The lowest BCUT2D eigenvalue weighted by Crippen LogP contribution is -2.40. The lowest BCUT2D eigenvalue weighted by Gasteiger charge is -2.25. The van der Waals surface area contributed by atoms with Crippen molar-refractivity contribution in [3.63, 3.8) is 0 Å². The fourth-order valence-electron chi connectivity index (χ4n) is 1.89. The minimum absolute atomic E-state index is 0.187. The number of hydrogen-bond donors (Lipinski definition) is 1. The number of hydrogen-bond acceptors (Lipinski definition) is 5. The number of unbranched alkanes of at least 4 members (excludes halogenated alkanes) is 1. The molecular formula is C15H23NO4. The van der Waals surface area contributed by atoms with Crippen LogP contribution in [0.4, 0.5) is 0 Å². The number of carbonyl (C=O) groups is 2. The highest BCUT2D eigenvalue weighted by Gasteiger charge is 2.36. The average molecular weight is 281 g/mol. The molecule has 0 aromatic heterocycles. The van der Waals surface area contributed by atoms with Gasteiger partial charge in [-0.2, -0.15) is 5.26 Å². The number of nitrogens with zero attached hydrogens (tertiary/aromatic N) is 1. The molecule has 0 aliphatic heterocycles. The third-order valence-electron chi connectivity index (χ3n) is 3.24. The van der Waals surface area contributed by atoms with E-state index >= 15 is 0 Å². The molecule has 0 aliphatic carbocycles. The van der Waals surface area contributed by atoms with Crippen LogP contribution in [-0.2, 0) is 14.3 Å². The standard InChI is InChI=1S/C15H23NO4/c1-5-7-8-12(6-2)9-15(4,19)14(18)20-13(17)11(3)10-16/h12,19H,3,5-9H2,1-2,4H3. The molecule has 0 rings (SSSR count). The number of ether oxygens (including phenoxy) is 1. The van der Waals surface area contributed by atoms with Gasteiger partial charge < -0.3 is 9.84 Å². The van der Waals surface area contributed by atoms with E-state index in [0.717, 1.165) is 25.7 Å². The molecule has 0 heterocycles. The molecule has 2 atom stereocenters. The first kappa shape index (κ1) is 18.3. The molecule has 0 bridgehead atoms. The van der Waals surface area contributed by atoms with Crippen molar-refractivity contribution >= 4 is 11.9 Å². The van der Waals surface area contributed by atoms with E-state index in [4.69, 9.17) is 5.26 Å². The number of esters is 2. The maximum absolute atomic E-state index is 11.8. The van der Waals surface area contributed by atoms with Crippen molar-refractivity contribution < 1.29 is 19.4 Å². The van der Waals surface area contributed by atoms with Gasteiger partial charge in [0, 0.05) is 0 Å². The molecule has 20 heavy (non-hydrogen) atoms. The van der Waals surface area contributed by atoms with E-state index in [9.17, 15) is 14.7 Å². The second-order valence-corrected chi connectivity index (χ2v) is 5.16. The second kappa shape index (κ2) is 8.49. The smallest absolute Gasteiger partial charge is 0.355 e. The summed E-state index contributed by atoms with van der Waals surface area (Å²) in [4.78, 5) is 23.1.